The largest absolute Gasteiger partial charge is 0.329 e. The summed E-state index contributed by atoms with van der Waals surface area (Å²) in [7, 11) is 0. The van der Waals surface area contributed by atoms with E-state index in [0.29, 0.717) is 12.5 Å². The Bertz CT molecular complexity index is 316. The number of nitrogens with one attached hydrogen (secondary N) is 1. The molecule has 0 aliphatic heterocycles. The molecule has 0 aliphatic carbocycles. The van der Waals surface area contributed by atoms with Gasteiger partial charge in [0.15, 0.2) is 0 Å². The topological polar surface area (TPSA) is 38.0 Å². The van der Waals surface area contributed by atoms with Crippen molar-refractivity contribution in [1.29, 1.82) is 0 Å². The van der Waals surface area contributed by atoms with E-state index in [1.807, 2.05) is 0 Å². The third-order valence-corrected chi connectivity index (χ3v) is 3.52. The maximum atomic E-state index is 5.83. The third kappa shape index (κ3) is 3.32. The van der Waals surface area contributed by atoms with Crippen molar-refractivity contribution in [1.82, 2.24) is 5.32 Å². The molecule has 1 atom stereocenters. The second-order valence-corrected chi connectivity index (χ2v) is 5.12. The SMILES string of the molecule is Cc1ccc(CNC(C)(CN)C(C)C)cc1. The highest BCUT2D eigenvalue weighted by Gasteiger charge is 2.25. The Labute approximate surface area is 99.2 Å². The van der Waals surface area contributed by atoms with E-state index in [0.717, 1.165) is 6.54 Å². The Hall–Kier alpha value is -0.860. The van der Waals surface area contributed by atoms with E-state index >= 15 is 0 Å². The number of benzene rings is 1. The summed E-state index contributed by atoms with van der Waals surface area (Å²) < 4.78 is 0. The number of hydrogen-bond acceptors (Lipinski definition) is 2. The van der Waals surface area contributed by atoms with Gasteiger partial charge in [-0.25, -0.2) is 0 Å². The van der Waals surface area contributed by atoms with Gasteiger partial charge < -0.3 is 11.1 Å². The van der Waals surface area contributed by atoms with Crippen LogP contribution in [0.5, 0.6) is 0 Å². The first kappa shape index (κ1) is 13.2. The minimum absolute atomic E-state index is 0.0187. The molecule has 16 heavy (non-hydrogen) atoms. The summed E-state index contributed by atoms with van der Waals surface area (Å²) in [5.74, 6) is 0.531. The standard InChI is InChI=1S/C14H24N2/c1-11(2)14(4,10-15)16-9-13-7-5-12(3)6-8-13/h5-8,11,16H,9-10,15H2,1-4H3. The van der Waals surface area contributed by atoms with Crippen LogP contribution in [0.4, 0.5) is 0 Å². The van der Waals surface area contributed by atoms with Gasteiger partial charge in [-0.15, -0.1) is 0 Å². The molecule has 1 rings (SSSR count). The lowest BCUT2D eigenvalue weighted by molar-refractivity contribution is 0.267. The first-order chi connectivity index (χ1) is 7.48. The average Bonchev–Trinajstić information content (AvgIpc) is 2.27. The van der Waals surface area contributed by atoms with Crippen LogP contribution in [0, 0.1) is 12.8 Å². The van der Waals surface area contributed by atoms with Crippen LogP contribution < -0.4 is 11.1 Å². The predicted molar refractivity (Wildman–Crippen MR) is 70.3 cm³/mol. The molecule has 1 unspecified atom stereocenters. The minimum atomic E-state index is 0.0187. The Balaban J connectivity index is 2.59. The summed E-state index contributed by atoms with van der Waals surface area (Å²) in [6.07, 6.45) is 0. The first-order valence-corrected chi connectivity index (χ1v) is 5.98. The van der Waals surface area contributed by atoms with Crippen molar-refractivity contribution >= 4 is 0 Å². The molecule has 2 heteroatoms. The summed E-state index contributed by atoms with van der Waals surface area (Å²) in [5.41, 5.74) is 8.46. The highest BCUT2D eigenvalue weighted by molar-refractivity contribution is 5.21. The van der Waals surface area contributed by atoms with E-state index < -0.39 is 0 Å². The molecule has 0 fully saturated rings. The number of rotatable bonds is 5. The van der Waals surface area contributed by atoms with E-state index in [4.69, 9.17) is 5.73 Å². The van der Waals surface area contributed by atoms with Crippen LogP contribution in [0.25, 0.3) is 0 Å². The normalized spacial score (nSPS) is 15.1. The first-order valence-electron chi connectivity index (χ1n) is 5.98. The lowest BCUT2D eigenvalue weighted by Crippen LogP contribution is -2.52. The van der Waals surface area contributed by atoms with Crippen LogP contribution in [0.15, 0.2) is 24.3 Å². The van der Waals surface area contributed by atoms with Gasteiger partial charge in [-0.2, -0.15) is 0 Å². The van der Waals surface area contributed by atoms with Gasteiger partial charge in [-0.05, 0) is 25.3 Å². The molecular weight excluding hydrogens is 196 g/mol. The van der Waals surface area contributed by atoms with Crippen LogP contribution in [-0.4, -0.2) is 12.1 Å². The van der Waals surface area contributed by atoms with Crippen molar-refractivity contribution in [2.75, 3.05) is 6.54 Å². The maximum Gasteiger partial charge on any atom is 0.0301 e. The second-order valence-electron chi connectivity index (χ2n) is 5.12. The zero-order valence-electron chi connectivity index (χ0n) is 10.9. The van der Waals surface area contributed by atoms with Gasteiger partial charge >= 0.3 is 0 Å². The van der Waals surface area contributed by atoms with Crippen molar-refractivity contribution in [3.05, 3.63) is 35.4 Å². The predicted octanol–water partition coefficient (Wildman–Crippen LogP) is 2.46. The molecule has 0 aromatic heterocycles. The van der Waals surface area contributed by atoms with Gasteiger partial charge in [0.2, 0.25) is 0 Å². The molecule has 90 valence electrons. The fraction of sp³-hybridized carbons (Fsp3) is 0.571. The van der Waals surface area contributed by atoms with Gasteiger partial charge in [0, 0.05) is 18.6 Å². The zero-order chi connectivity index (χ0) is 12.2. The smallest absolute Gasteiger partial charge is 0.0301 e. The summed E-state index contributed by atoms with van der Waals surface area (Å²) in [6.45, 7) is 10.2. The summed E-state index contributed by atoms with van der Waals surface area (Å²) in [6, 6.07) is 8.62. The van der Waals surface area contributed by atoms with E-state index in [1.165, 1.54) is 11.1 Å². The maximum absolute atomic E-state index is 5.83. The summed E-state index contributed by atoms with van der Waals surface area (Å²) >= 11 is 0. The second kappa shape index (κ2) is 5.46. The summed E-state index contributed by atoms with van der Waals surface area (Å²) in [5, 5.41) is 3.56. The Morgan fingerprint density at radius 2 is 1.81 bits per heavy atom. The van der Waals surface area contributed by atoms with Gasteiger partial charge in [0.1, 0.15) is 0 Å². The van der Waals surface area contributed by atoms with Crippen LogP contribution in [0.3, 0.4) is 0 Å². The lowest BCUT2D eigenvalue weighted by Gasteiger charge is -2.33. The fourth-order valence-corrected chi connectivity index (χ4v) is 1.52. The monoisotopic (exact) mass is 220 g/mol. The van der Waals surface area contributed by atoms with E-state index in [1.54, 1.807) is 0 Å². The number of aryl methyl sites for hydroxylation is 1. The van der Waals surface area contributed by atoms with Crippen LogP contribution in [0.1, 0.15) is 31.9 Å². The molecule has 0 radical (unpaired) electrons. The van der Waals surface area contributed by atoms with E-state index in [-0.39, 0.29) is 5.54 Å². The van der Waals surface area contributed by atoms with Crippen molar-refractivity contribution in [3.8, 4) is 0 Å². The van der Waals surface area contributed by atoms with Crippen molar-refractivity contribution in [2.24, 2.45) is 11.7 Å². The average molecular weight is 220 g/mol. The quantitative estimate of drug-likeness (QED) is 0.800. The van der Waals surface area contributed by atoms with Gasteiger partial charge in [-0.3, -0.25) is 0 Å². The van der Waals surface area contributed by atoms with Crippen molar-refractivity contribution < 1.29 is 0 Å². The van der Waals surface area contributed by atoms with E-state index in [9.17, 15) is 0 Å². The van der Waals surface area contributed by atoms with Gasteiger partial charge in [-0.1, -0.05) is 43.7 Å². The molecule has 2 nitrogen and oxygen atoms in total. The molecular formula is C14H24N2. The summed E-state index contributed by atoms with van der Waals surface area (Å²) in [4.78, 5) is 0. The van der Waals surface area contributed by atoms with E-state index in [2.05, 4.69) is 57.3 Å². The van der Waals surface area contributed by atoms with Gasteiger partial charge in [0.25, 0.3) is 0 Å². The van der Waals surface area contributed by atoms with Crippen LogP contribution >= 0.6 is 0 Å². The zero-order valence-corrected chi connectivity index (χ0v) is 10.9. The Kier molecular flexibility index (Phi) is 4.51. The Morgan fingerprint density at radius 3 is 2.25 bits per heavy atom. The number of hydrogen-bond donors (Lipinski definition) is 2. The van der Waals surface area contributed by atoms with Crippen molar-refractivity contribution in [3.63, 3.8) is 0 Å². The molecule has 3 N–H and O–H groups in total. The molecule has 0 saturated carbocycles. The fourth-order valence-electron chi connectivity index (χ4n) is 1.52. The Morgan fingerprint density at radius 1 is 1.25 bits per heavy atom. The highest BCUT2D eigenvalue weighted by Crippen LogP contribution is 2.15. The van der Waals surface area contributed by atoms with Crippen LogP contribution in [0.2, 0.25) is 0 Å². The van der Waals surface area contributed by atoms with Gasteiger partial charge in [0.05, 0.1) is 0 Å². The molecule has 0 bridgehead atoms. The number of nitrogens with two attached hydrogens (primary N) is 1. The van der Waals surface area contributed by atoms with Crippen LogP contribution in [-0.2, 0) is 6.54 Å². The molecule has 0 heterocycles. The molecule has 0 amide bonds. The minimum Gasteiger partial charge on any atom is -0.329 e. The molecule has 1 aromatic carbocycles. The molecule has 0 saturated heterocycles. The lowest BCUT2D eigenvalue weighted by atomic mass is 9.88. The van der Waals surface area contributed by atoms with Crippen molar-refractivity contribution in [2.45, 2.75) is 39.8 Å². The molecule has 0 spiro atoms. The molecule has 1 aromatic rings. The third-order valence-electron chi connectivity index (χ3n) is 3.52. The highest BCUT2D eigenvalue weighted by atomic mass is 15.0. The molecule has 0 aliphatic rings.